The third kappa shape index (κ3) is 6.66. The third-order valence-electron chi connectivity index (χ3n) is 6.13. The minimum absolute atomic E-state index is 0.202. The predicted molar refractivity (Wildman–Crippen MR) is 134 cm³/mol. The van der Waals surface area contributed by atoms with Crippen molar-refractivity contribution < 1.29 is 47.5 Å². The number of anilines is 2. The fraction of sp³-hybridized carbons (Fsp3) is 0.500. The molecule has 0 spiro atoms. The van der Waals surface area contributed by atoms with Gasteiger partial charge in [-0.05, 0) is 33.3 Å². The maximum absolute atomic E-state index is 10.6. The Morgan fingerprint density at radius 1 is 1.15 bits per heavy atom. The van der Waals surface area contributed by atoms with Gasteiger partial charge in [0, 0.05) is 30.5 Å². The molecule has 3 aromatic heterocycles. The zero-order valence-electron chi connectivity index (χ0n) is 21.6. The highest BCUT2D eigenvalue weighted by Crippen LogP contribution is 2.38. The van der Waals surface area contributed by atoms with Crippen molar-refractivity contribution in [3.63, 3.8) is 0 Å². The van der Waals surface area contributed by atoms with Gasteiger partial charge in [0.05, 0.1) is 36.2 Å². The number of nitrogens with zero attached hydrogens (tertiary/aromatic N) is 3. The Bertz CT molecular complexity index is 1320. The van der Waals surface area contributed by atoms with E-state index < -0.39 is 36.3 Å². The second-order valence-corrected chi connectivity index (χ2v) is 8.88. The number of fused-ring (bicyclic) bond motifs is 1. The SMILES string of the molecule is CCNc1nc(C)c(-c2cc3cc(OC)nc(C)c3o2)c(N[C@@H]2C[C@H](CO)[C@@H](O)[C@H]2O)n1.O=C(O)C(F)(F)F. The number of hydrogen-bond acceptors (Lipinski definition) is 11. The van der Waals surface area contributed by atoms with Gasteiger partial charge in [-0.25, -0.2) is 14.8 Å². The van der Waals surface area contributed by atoms with E-state index in [4.69, 9.17) is 19.1 Å². The van der Waals surface area contributed by atoms with Crippen molar-refractivity contribution in [3.8, 4) is 17.2 Å². The van der Waals surface area contributed by atoms with Gasteiger partial charge >= 0.3 is 12.1 Å². The van der Waals surface area contributed by atoms with E-state index in [1.807, 2.05) is 26.8 Å². The van der Waals surface area contributed by atoms with E-state index in [1.54, 1.807) is 13.2 Å². The van der Waals surface area contributed by atoms with Crippen molar-refractivity contribution >= 4 is 28.7 Å². The van der Waals surface area contributed by atoms with Crippen LogP contribution in [0.25, 0.3) is 22.3 Å². The molecule has 0 unspecified atom stereocenters. The molecule has 15 heteroatoms. The van der Waals surface area contributed by atoms with E-state index in [0.717, 1.165) is 5.39 Å². The lowest BCUT2D eigenvalue weighted by Gasteiger charge is -2.21. The van der Waals surface area contributed by atoms with Gasteiger partial charge < -0.3 is 40.2 Å². The number of carbonyl (C=O) groups is 1. The number of ether oxygens (including phenoxy) is 1. The second kappa shape index (κ2) is 12.0. The number of hydrogen-bond donors (Lipinski definition) is 6. The van der Waals surface area contributed by atoms with Gasteiger partial charge in [0.2, 0.25) is 11.8 Å². The lowest BCUT2D eigenvalue weighted by Crippen LogP contribution is -2.35. The molecule has 0 aliphatic heterocycles. The van der Waals surface area contributed by atoms with Gasteiger partial charge in [0.15, 0.2) is 5.58 Å². The summed E-state index contributed by atoms with van der Waals surface area (Å²) in [6, 6.07) is 3.19. The average Bonchev–Trinajstić information content (AvgIpc) is 3.40. The van der Waals surface area contributed by atoms with E-state index in [-0.39, 0.29) is 6.61 Å². The number of alkyl halides is 3. The summed E-state index contributed by atoms with van der Waals surface area (Å²) < 4.78 is 43.2. The van der Waals surface area contributed by atoms with Gasteiger partial charge in [0.1, 0.15) is 17.7 Å². The van der Waals surface area contributed by atoms with Crippen LogP contribution in [0, 0.1) is 19.8 Å². The van der Waals surface area contributed by atoms with E-state index in [2.05, 4.69) is 25.6 Å². The number of methoxy groups -OCH3 is 1. The standard InChI is InChI=1S/C22H29N5O5.C2HF3O2/c1-5-23-22-25-10(2)17(15-7-12-8-16(31-4)24-11(3)20(12)32-15)21(27-22)26-14-6-13(9-28)18(29)19(14)30;3-2(4,5)1(6)7/h7-8,13-14,18-19,28-30H,5-6,9H2,1-4H3,(H2,23,25,26,27);(H,6,7)/t13-,14-,18-,19+;/m1./s1. The molecule has 0 amide bonds. The molecular weight excluding hydrogens is 527 g/mol. The van der Waals surface area contributed by atoms with Crippen molar-refractivity contribution in [3.05, 3.63) is 23.5 Å². The smallest absolute Gasteiger partial charge is 0.481 e. The number of pyridine rings is 1. The molecule has 0 saturated heterocycles. The van der Waals surface area contributed by atoms with Gasteiger partial charge in [-0.2, -0.15) is 18.2 Å². The van der Waals surface area contributed by atoms with Crippen LogP contribution < -0.4 is 15.4 Å². The summed E-state index contributed by atoms with van der Waals surface area (Å²) in [5.41, 5.74) is 2.67. The Morgan fingerprint density at radius 2 is 1.82 bits per heavy atom. The Balaban J connectivity index is 0.000000532. The molecule has 4 atom stereocenters. The van der Waals surface area contributed by atoms with E-state index in [0.29, 0.717) is 58.9 Å². The van der Waals surface area contributed by atoms with Crippen molar-refractivity contribution in [1.82, 2.24) is 15.0 Å². The zero-order valence-corrected chi connectivity index (χ0v) is 21.6. The number of aliphatic hydroxyl groups excluding tert-OH is 3. The van der Waals surface area contributed by atoms with Crippen LogP contribution in [0.1, 0.15) is 24.7 Å². The first-order chi connectivity index (χ1) is 18.3. The van der Waals surface area contributed by atoms with Crippen molar-refractivity contribution in [2.24, 2.45) is 5.92 Å². The van der Waals surface area contributed by atoms with Crippen LogP contribution in [0.15, 0.2) is 16.5 Å². The maximum Gasteiger partial charge on any atom is 0.490 e. The molecule has 6 N–H and O–H groups in total. The van der Waals surface area contributed by atoms with Crippen molar-refractivity contribution in [2.75, 3.05) is 30.9 Å². The molecule has 0 aromatic carbocycles. The molecule has 1 aliphatic rings. The average molecular weight is 558 g/mol. The van der Waals surface area contributed by atoms with Crippen LogP contribution in [0.3, 0.4) is 0 Å². The van der Waals surface area contributed by atoms with E-state index in [9.17, 15) is 28.5 Å². The topological polar surface area (TPSA) is 183 Å². The molecule has 39 heavy (non-hydrogen) atoms. The molecule has 1 saturated carbocycles. The van der Waals surface area contributed by atoms with Gasteiger partial charge in [0.25, 0.3) is 0 Å². The van der Waals surface area contributed by atoms with Gasteiger partial charge in [-0.15, -0.1) is 0 Å². The number of aliphatic hydroxyl groups is 3. The number of carboxylic acids is 1. The van der Waals surface area contributed by atoms with Crippen LogP contribution >= 0.6 is 0 Å². The monoisotopic (exact) mass is 557 g/mol. The number of rotatable bonds is 7. The largest absolute Gasteiger partial charge is 0.490 e. The fourth-order valence-corrected chi connectivity index (χ4v) is 4.24. The number of furan rings is 1. The summed E-state index contributed by atoms with van der Waals surface area (Å²) in [5.74, 6) is -1.21. The molecule has 214 valence electrons. The van der Waals surface area contributed by atoms with Gasteiger partial charge in [-0.3, -0.25) is 0 Å². The Kier molecular flexibility index (Phi) is 9.19. The van der Waals surface area contributed by atoms with E-state index in [1.165, 1.54) is 0 Å². The number of aromatic nitrogens is 3. The highest BCUT2D eigenvalue weighted by atomic mass is 19.4. The Hall–Kier alpha value is -3.69. The summed E-state index contributed by atoms with van der Waals surface area (Å²) in [7, 11) is 1.56. The lowest BCUT2D eigenvalue weighted by molar-refractivity contribution is -0.192. The van der Waals surface area contributed by atoms with Crippen molar-refractivity contribution in [2.45, 2.75) is 51.6 Å². The number of carboxylic acid groups (broad SMARTS) is 1. The third-order valence-corrected chi connectivity index (χ3v) is 6.13. The van der Waals surface area contributed by atoms with E-state index >= 15 is 0 Å². The first-order valence-corrected chi connectivity index (χ1v) is 11.9. The summed E-state index contributed by atoms with van der Waals surface area (Å²) >= 11 is 0. The summed E-state index contributed by atoms with van der Waals surface area (Å²) in [6.45, 7) is 6.10. The minimum Gasteiger partial charge on any atom is -0.481 e. The van der Waals surface area contributed by atoms with Crippen LogP contribution in [-0.4, -0.2) is 86.0 Å². The first-order valence-electron chi connectivity index (χ1n) is 11.9. The fourth-order valence-electron chi connectivity index (χ4n) is 4.24. The minimum atomic E-state index is -5.08. The molecule has 3 aromatic rings. The highest BCUT2D eigenvalue weighted by Gasteiger charge is 2.41. The van der Waals surface area contributed by atoms with Gasteiger partial charge in [-0.1, -0.05) is 0 Å². The Labute approximate surface area is 220 Å². The zero-order chi connectivity index (χ0) is 29.1. The molecule has 4 rings (SSSR count). The molecule has 1 fully saturated rings. The molecule has 1 aliphatic carbocycles. The number of halogens is 3. The molecule has 3 heterocycles. The maximum atomic E-state index is 10.6. The number of nitrogens with one attached hydrogen (secondary N) is 2. The highest BCUT2D eigenvalue weighted by molar-refractivity contribution is 5.88. The normalized spacial score (nSPS) is 20.9. The van der Waals surface area contributed by atoms with Crippen LogP contribution in [0.2, 0.25) is 0 Å². The molecule has 0 bridgehead atoms. The quantitative estimate of drug-likeness (QED) is 0.250. The first kappa shape index (κ1) is 29.9. The molecule has 0 radical (unpaired) electrons. The molecular formula is C24H30F3N5O7. The van der Waals surface area contributed by atoms with Crippen LogP contribution in [0.4, 0.5) is 24.9 Å². The summed E-state index contributed by atoms with van der Waals surface area (Å²) in [4.78, 5) is 22.4. The number of aryl methyl sites for hydroxylation is 2. The second-order valence-electron chi connectivity index (χ2n) is 8.88. The Morgan fingerprint density at radius 3 is 2.36 bits per heavy atom. The lowest BCUT2D eigenvalue weighted by atomic mass is 10.1. The summed E-state index contributed by atoms with van der Waals surface area (Å²) in [6.07, 6.45) is -6.73. The predicted octanol–water partition coefficient (Wildman–Crippen LogP) is 2.49. The summed E-state index contributed by atoms with van der Waals surface area (Å²) in [5, 5.41) is 44.6. The van der Waals surface area contributed by atoms with Crippen LogP contribution in [-0.2, 0) is 4.79 Å². The van der Waals surface area contributed by atoms with Crippen molar-refractivity contribution in [1.29, 1.82) is 0 Å². The molecule has 12 nitrogen and oxygen atoms in total. The van der Waals surface area contributed by atoms with Crippen LogP contribution in [0.5, 0.6) is 5.88 Å². The number of aliphatic carboxylic acids is 1.